The molecule has 0 amide bonds. The van der Waals surface area contributed by atoms with Gasteiger partial charge in [-0.1, -0.05) is 0 Å². The normalized spacial score (nSPS) is 12.7. The van der Waals surface area contributed by atoms with Crippen molar-refractivity contribution in [2.45, 2.75) is 37.3 Å². The maximum atomic E-state index is 12.2. The molecule has 0 spiro atoms. The van der Waals surface area contributed by atoms with Crippen molar-refractivity contribution in [2.24, 2.45) is 0 Å². The zero-order valence-corrected chi connectivity index (χ0v) is 13.7. The van der Waals surface area contributed by atoms with Crippen LogP contribution in [0.4, 0.5) is 5.69 Å². The minimum Gasteiger partial charge on any atom is -0.398 e. The van der Waals surface area contributed by atoms with E-state index < -0.39 is 10.0 Å². The fourth-order valence-corrected chi connectivity index (χ4v) is 3.07. The van der Waals surface area contributed by atoms with Crippen LogP contribution < -0.4 is 10.5 Å². The number of nitrogen functional groups attached to an aromatic ring is 1. The van der Waals surface area contributed by atoms with Crippen molar-refractivity contribution < 1.29 is 8.42 Å². The quantitative estimate of drug-likeness (QED) is 0.819. The predicted octanol–water partition coefficient (Wildman–Crippen LogP) is 2.31. The number of sulfonamides is 1. The molecule has 0 radical (unpaired) electrons. The molecule has 4 nitrogen and oxygen atoms in total. The van der Waals surface area contributed by atoms with Gasteiger partial charge in [0.15, 0.2) is 0 Å². The smallest absolute Gasteiger partial charge is 0.240 e. The molecule has 3 N–H and O–H groups in total. The zero-order chi connectivity index (χ0) is 14.8. The topological polar surface area (TPSA) is 72.2 Å². The number of thioether (sulfide) groups is 1. The molecular formula is C13H22N2O2S2. The van der Waals surface area contributed by atoms with Crippen LogP contribution >= 0.6 is 11.8 Å². The van der Waals surface area contributed by atoms with Crippen LogP contribution in [-0.4, -0.2) is 26.0 Å². The first-order valence-electron chi connectivity index (χ1n) is 6.00. The van der Waals surface area contributed by atoms with E-state index in [4.69, 9.17) is 5.73 Å². The molecule has 0 fully saturated rings. The highest BCUT2D eigenvalue weighted by Crippen LogP contribution is 2.23. The third-order valence-electron chi connectivity index (χ3n) is 3.23. The third kappa shape index (κ3) is 4.12. The molecule has 6 heteroatoms. The number of aryl methyl sites for hydroxylation is 1. The fourth-order valence-electron chi connectivity index (χ4n) is 1.43. The van der Waals surface area contributed by atoms with Crippen LogP contribution in [-0.2, 0) is 10.0 Å². The molecule has 0 aromatic heterocycles. The molecule has 1 aromatic carbocycles. The lowest BCUT2D eigenvalue weighted by Gasteiger charge is -2.22. The Labute approximate surface area is 120 Å². The molecule has 1 aromatic rings. The van der Waals surface area contributed by atoms with Gasteiger partial charge in [-0.25, -0.2) is 13.1 Å². The van der Waals surface area contributed by atoms with Gasteiger partial charge in [0.1, 0.15) is 0 Å². The Morgan fingerprint density at radius 2 is 1.89 bits per heavy atom. The number of nitrogens with one attached hydrogen (secondary N) is 1. The number of benzene rings is 1. The van der Waals surface area contributed by atoms with Crippen molar-refractivity contribution in [2.75, 3.05) is 18.5 Å². The van der Waals surface area contributed by atoms with Crippen LogP contribution in [0, 0.1) is 13.8 Å². The summed E-state index contributed by atoms with van der Waals surface area (Å²) in [4.78, 5) is 0.227. The lowest BCUT2D eigenvalue weighted by molar-refractivity contribution is 0.570. The summed E-state index contributed by atoms with van der Waals surface area (Å²) in [5, 5.41) is 0. The van der Waals surface area contributed by atoms with Crippen molar-refractivity contribution in [3.05, 3.63) is 23.3 Å². The van der Waals surface area contributed by atoms with Crippen molar-refractivity contribution in [1.82, 2.24) is 4.72 Å². The largest absolute Gasteiger partial charge is 0.398 e. The summed E-state index contributed by atoms with van der Waals surface area (Å²) in [6, 6.07) is 3.16. The van der Waals surface area contributed by atoms with Crippen LogP contribution in [0.15, 0.2) is 17.0 Å². The molecule has 1 rings (SSSR count). The van der Waals surface area contributed by atoms with E-state index in [1.54, 1.807) is 17.8 Å². The monoisotopic (exact) mass is 302 g/mol. The highest BCUT2D eigenvalue weighted by Gasteiger charge is 2.22. The molecule has 0 aliphatic heterocycles. The highest BCUT2D eigenvalue weighted by atomic mass is 32.2. The lowest BCUT2D eigenvalue weighted by atomic mass is 10.1. The molecule has 0 aliphatic carbocycles. The standard InChI is InChI=1S/C13H22N2O2S2/c1-9-6-11(7-12(14)10(9)2)19(16,17)15-8-13(3,4)18-5/h6-7,15H,8,14H2,1-5H3. The van der Waals surface area contributed by atoms with Gasteiger partial charge < -0.3 is 5.73 Å². The van der Waals surface area contributed by atoms with E-state index in [1.165, 1.54) is 6.07 Å². The van der Waals surface area contributed by atoms with Crippen LogP contribution in [0.1, 0.15) is 25.0 Å². The molecule has 0 saturated carbocycles. The summed E-state index contributed by atoms with van der Waals surface area (Å²) in [6.07, 6.45) is 1.96. The van der Waals surface area contributed by atoms with E-state index in [1.807, 2.05) is 34.0 Å². The first-order chi connectivity index (χ1) is 8.59. The van der Waals surface area contributed by atoms with Gasteiger partial charge >= 0.3 is 0 Å². The number of nitrogens with two attached hydrogens (primary N) is 1. The zero-order valence-electron chi connectivity index (χ0n) is 12.1. The summed E-state index contributed by atoms with van der Waals surface area (Å²) >= 11 is 1.62. The number of anilines is 1. The second kappa shape index (κ2) is 5.73. The Bertz CT molecular complexity index is 543. The lowest BCUT2D eigenvalue weighted by Crippen LogP contribution is -2.36. The van der Waals surface area contributed by atoms with Gasteiger partial charge in [-0.2, -0.15) is 11.8 Å². The first kappa shape index (κ1) is 16.3. The molecule has 0 unspecified atom stereocenters. The molecule has 0 aliphatic rings. The number of hydrogen-bond acceptors (Lipinski definition) is 4. The summed E-state index contributed by atoms with van der Waals surface area (Å²) in [7, 11) is -3.51. The second-order valence-corrected chi connectivity index (χ2v) is 8.52. The molecular weight excluding hydrogens is 280 g/mol. The van der Waals surface area contributed by atoms with Gasteiger partial charge in [-0.15, -0.1) is 0 Å². The minimum absolute atomic E-state index is 0.141. The van der Waals surface area contributed by atoms with Crippen molar-refractivity contribution in [1.29, 1.82) is 0 Å². The second-order valence-electron chi connectivity index (χ2n) is 5.24. The fraction of sp³-hybridized carbons (Fsp3) is 0.538. The summed E-state index contributed by atoms with van der Waals surface area (Å²) in [5.74, 6) is 0. The van der Waals surface area contributed by atoms with E-state index in [0.717, 1.165) is 11.1 Å². The number of hydrogen-bond donors (Lipinski definition) is 2. The number of rotatable bonds is 5. The summed E-state index contributed by atoms with van der Waals surface area (Å²) in [6.45, 7) is 8.11. The van der Waals surface area contributed by atoms with Gasteiger partial charge in [-0.05, 0) is 57.2 Å². The predicted molar refractivity (Wildman–Crippen MR) is 83.1 cm³/mol. The molecule has 19 heavy (non-hydrogen) atoms. The van der Waals surface area contributed by atoms with Gasteiger partial charge in [0.2, 0.25) is 10.0 Å². The summed E-state index contributed by atoms with van der Waals surface area (Å²) < 4.78 is 27.0. The maximum Gasteiger partial charge on any atom is 0.240 e. The van der Waals surface area contributed by atoms with Gasteiger partial charge in [0.05, 0.1) is 4.90 Å². The Hall–Kier alpha value is -0.720. The summed E-state index contributed by atoms with van der Waals surface area (Å²) in [5.41, 5.74) is 8.13. The highest BCUT2D eigenvalue weighted by molar-refractivity contribution is 8.00. The van der Waals surface area contributed by atoms with E-state index in [0.29, 0.717) is 12.2 Å². The Morgan fingerprint density at radius 3 is 2.37 bits per heavy atom. The third-order valence-corrected chi connectivity index (χ3v) is 5.86. The van der Waals surface area contributed by atoms with Crippen LogP contribution in [0.2, 0.25) is 0 Å². The van der Waals surface area contributed by atoms with Gasteiger partial charge in [0.25, 0.3) is 0 Å². The first-order valence-corrected chi connectivity index (χ1v) is 8.71. The van der Waals surface area contributed by atoms with Crippen LogP contribution in [0.5, 0.6) is 0 Å². The van der Waals surface area contributed by atoms with Crippen molar-refractivity contribution >= 4 is 27.5 Å². The average molecular weight is 302 g/mol. The Morgan fingerprint density at radius 1 is 1.32 bits per heavy atom. The van der Waals surface area contributed by atoms with Crippen molar-refractivity contribution in [3.8, 4) is 0 Å². The van der Waals surface area contributed by atoms with Crippen LogP contribution in [0.3, 0.4) is 0 Å². The van der Waals surface area contributed by atoms with E-state index >= 15 is 0 Å². The van der Waals surface area contributed by atoms with Gasteiger partial charge in [0, 0.05) is 17.0 Å². The molecule has 0 bridgehead atoms. The SMILES string of the molecule is CSC(C)(C)CNS(=O)(=O)c1cc(C)c(C)c(N)c1. The Kier molecular flexibility index (Phi) is 4.92. The molecule has 0 atom stereocenters. The molecule has 108 valence electrons. The van der Waals surface area contributed by atoms with E-state index in [9.17, 15) is 8.42 Å². The molecule has 0 heterocycles. The van der Waals surface area contributed by atoms with E-state index in [-0.39, 0.29) is 9.64 Å². The Balaban J connectivity index is 3.02. The van der Waals surface area contributed by atoms with Crippen molar-refractivity contribution in [3.63, 3.8) is 0 Å². The average Bonchev–Trinajstić information content (AvgIpc) is 2.33. The van der Waals surface area contributed by atoms with Crippen LogP contribution in [0.25, 0.3) is 0 Å². The minimum atomic E-state index is -3.51. The van der Waals surface area contributed by atoms with E-state index in [2.05, 4.69) is 4.72 Å². The maximum absolute atomic E-state index is 12.2. The molecule has 0 saturated heterocycles. The van der Waals surface area contributed by atoms with Gasteiger partial charge in [-0.3, -0.25) is 0 Å².